The Morgan fingerprint density at radius 3 is 2.10 bits per heavy atom. The molecular weight excluding hydrogens is 392 g/mol. The fraction of sp³-hybridized carbons (Fsp3) is 0.360. The molecule has 1 heterocycles. The lowest BCUT2D eigenvalue weighted by Gasteiger charge is -2.07. The van der Waals surface area contributed by atoms with Gasteiger partial charge in [-0.25, -0.2) is 4.79 Å². The van der Waals surface area contributed by atoms with Crippen molar-refractivity contribution in [2.75, 3.05) is 7.11 Å². The molecule has 0 amide bonds. The van der Waals surface area contributed by atoms with Crippen molar-refractivity contribution in [1.29, 1.82) is 0 Å². The Hall–Kier alpha value is -3.28. The van der Waals surface area contributed by atoms with Gasteiger partial charge in [0.05, 0.1) is 12.8 Å². The van der Waals surface area contributed by atoms with Crippen LogP contribution in [-0.2, 0) is 16.1 Å². The van der Waals surface area contributed by atoms with Crippen molar-refractivity contribution in [2.24, 2.45) is 0 Å². The van der Waals surface area contributed by atoms with E-state index < -0.39 is 0 Å². The molecular formula is C25H30N2O4. The molecule has 0 saturated heterocycles. The number of carbonyl (C=O) groups excluding carboxylic acids is 1. The van der Waals surface area contributed by atoms with Crippen LogP contribution in [0.15, 0.2) is 65.5 Å². The number of methoxy groups -OCH3 is 1. The predicted molar refractivity (Wildman–Crippen MR) is 121 cm³/mol. The Kier molecular flexibility index (Phi) is 8.10. The van der Waals surface area contributed by atoms with Crippen LogP contribution in [0.3, 0.4) is 0 Å². The number of para-hydroxylation sites is 1. The maximum absolute atomic E-state index is 13.2. The monoisotopic (exact) mass is 422 g/mol. The molecule has 0 fully saturated rings. The summed E-state index contributed by atoms with van der Waals surface area (Å²) in [6.07, 6.45) is 6.13. The van der Waals surface area contributed by atoms with E-state index in [0.717, 1.165) is 49.8 Å². The van der Waals surface area contributed by atoms with Crippen LogP contribution in [0, 0.1) is 0 Å². The zero-order chi connectivity index (χ0) is 22.1. The average molecular weight is 423 g/mol. The van der Waals surface area contributed by atoms with Crippen LogP contribution in [0.2, 0.25) is 0 Å². The predicted octanol–water partition coefficient (Wildman–Crippen LogP) is 4.92. The maximum atomic E-state index is 13.2. The first-order valence-corrected chi connectivity index (χ1v) is 10.9. The zero-order valence-electron chi connectivity index (χ0n) is 18.0. The lowest BCUT2D eigenvalue weighted by atomic mass is 10.1. The number of rotatable bonds is 11. The van der Waals surface area contributed by atoms with Gasteiger partial charge in [0.25, 0.3) is 0 Å². The van der Waals surface area contributed by atoms with Crippen molar-refractivity contribution in [3.63, 3.8) is 0 Å². The van der Waals surface area contributed by atoms with Crippen LogP contribution >= 0.6 is 0 Å². The summed E-state index contributed by atoms with van der Waals surface area (Å²) in [4.78, 5) is 24.3. The van der Waals surface area contributed by atoms with E-state index in [4.69, 9.17) is 0 Å². The molecule has 6 nitrogen and oxygen atoms in total. The number of carbonyl (C=O) groups is 1. The van der Waals surface area contributed by atoms with Gasteiger partial charge in [-0.05, 0) is 25.0 Å². The number of esters is 1. The van der Waals surface area contributed by atoms with E-state index in [9.17, 15) is 14.7 Å². The topological polar surface area (TPSA) is 73.5 Å². The second-order valence-corrected chi connectivity index (χ2v) is 7.59. The molecule has 0 radical (unpaired) electrons. The molecule has 0 atom stereocenters. The molecule has 6 heteroatoms. The van der Waals surface area contributed by atoms with E-state index in [1.165, 1.54) is 11.7 Å². The molecule has 2 aromatic carbocycles. The highest BCUT2D eigenvalue weighted by Gasteiger charge is 2.21. The molecule has 1 aromatic heterocycles. The Morgan fingerprint density at radius 2 is 1.45 bits per heavy atom. The van der Waals surface area contributed by atoms with E-state index in [1.54, 1.807) is 4.57 Å². The van der Waals surface area contributed by atoms with Gasteiger partial charge in [0.2, 0.25) is 5.88 Å². The first-order valence-electron chi connectivity index (χ1n) is 10.9. The van der Waals surface area contributed by atoms with Crippen LogP contribution in [-0.4, -0.2) is 27.3 Å². The van der Waals surface area contributed by atoms with Gasteiger partial charge in [-0.2, -0.15) is 0 Å². The Morgan fingerprint density at radius 1 is 0.871 bits per heavy atom. The summed E-state index contributed by atoms with van der Waals surface area (Å²) in [5.41, 5.74) is 1.80. The quantitative estimate of drug-likeness (QED) is 0.352. The van der Waals surface area contributed by atoms with Crippen molar-refractivity contribution in [2.45, 2.75) is 51.5 Å². The Balaban J connectivity index is 1.68. The van der Waals surface area contributed by atoms with Gasteiger partial charge >= 0.3 is 11.7 Å². The van der Waals surface area contributed by atoms with Gasteiger partial charge in [-0.15, -0.1) is 0 Å². The Bertz CT molecular complexity index is 1020. The summed E-state index contributed by atoms with van der Waals surface area (Å²) in [6.45, 7) is 0.465. The zero-order valence-corrected chi connectivity index (χ0v) is 18.0. The molecule has 3 aromatic rings. The number of aromatic nitrogens is 2. The largest absolute Gasteiger partial charge is 0.493 e. The van der Waals surface area contributed by atoms with E-state index in [-0.39, 0.29) is 17.5 Å². The molecule has 0 bridgehead atoms. The van der Waals surface area contributed by atoms with Gasteiger partial charge in [-0.1, -0.05) is 74.2 Å². The van der Waals surface area contributed by atoms with Crippen molar-refractivity contribution >= 4 is 5.97 Å². The van der Waals surface area contributed by atoms with E-state index >= 15 is 0 Å². The maximum Gasteiger partial charge on any atom is 0.336 e. The summed E-state index contributed by atoms with van der Waals surface area (Å²) in [7, 11) is 1.41. The molecule has 0 aliphatic carbocycles. The molecule has 31 heavy (non-hydrogen) atoms. The number of aromatic hydroxyl groups is 1. The first kappa shape index (κ1) is 22.4. The number of nitrogens with zero attached hydrogens (tertiary/aromatic N) is 2. The van der Waals surface area contributed by atoms with E-state index in [0.29, 0.717) is 18.7 Å². The van der Waals surface area contributed by atoms with Crippen LogP contribution < -0.4 is 5.69 Å². The highest BCUT2D eigenvalue weighted by atomic mass is 16.5. The van der Waals surface area contributed by atoms with Gasteiger partial charge in [0.15, 0.2) is 0 Å². The van der Waals surface area contributed by atoms with Crippen LogP contribution in [0.1, 0.15) is 44.9 Å². The van der Waals surface area contributed by atoms with Crippen LogP contribution in [0.5, 0.6) is 5.88 Å². The fourth-order valence-corrected chi connectivity index (χ4v) is 3.76. The molecule has 164 valence electrons. The molecule has 0 aliphatic heterocycles. The number of hydrogen-bond donors (Lipinski definition) is 1. The number of hydrogen-bond acceptors (Lipinski definition) is 4. The second-order valence-electron chi connectivity index (χ2n) is 7.59. The third kappa shape index (κ3) is 5.66. The summed E-state index contributed by atoms with van der Waals surface area (Å²) >= 11 is 0. The first-order chi connectivity index (χ1) is 15.1. The van der Waals surface area contributed by atoms with Crippen LogP contribution in [0.25, 0.3) is 16.9 Å². The van der Waals surface area contributed by atoms with Crippen molar-refractivity contribution in [1.82, 2.24) is 9.13 Å². The number of benzene rings is 2. The highest BCUT2D eigenvalue weighted by molar-refractivity contribution is 5.69. The van der Waals surface area contributed by atoms with Gasteiger partial charge < -0.3 is 9.84 Å². The third-order valence-corrected chi connectivity index (χ3v) is 5.42. The highest BCUT2D eigenvalue weighted by Crippen LogP contribution is 2.30. The molecule has 0 aliphatic rings. The normalized spacial score (nSPS) is 10.9. The third-order valence-electron chi connectivity index (χ3n) is 5.42. The molecule has 0 spiro atoms. The van der Waals surface area contributed by atoms with Crippen molar-refractivity contribution < 1.29 is 14.6 Å². The Labute approximate surface area is 182 Å². The van der Waals surface area contributed by atoms with Crippen molar-refractivity contribution in [3.8, 4) is 22.8 Å². The van der Waals surface area contributed by atoms with Gasteiger partial charge in [0, 0.05) is 18.5 Å². The fourth-order valence-electron chi connectivity index (χ4n) is 3.76. The second kappa shape index (κ2) is 11.2. The average Bonchev–Trinajstić information content (AvgIpc) is 3.06. The summed E-state index contributed by atoms with van der Waals surface area (Å²) in [5.74, 6) is -0.162. The number of imidazole rings is 1. The molecule has 1 N–H and O–H groups in total. The minimum absolute atomic E-state index is 0.00173. The lowest BCUT2D eigenvalue weighted by molar-refractivity contribution is -0.140. The lowest BCUT2D eigenvalue weighted by Crippen LogP contribution is -2.23. The number of ether oxygens (including phenoxy) is 1. The summed E-state index contributed by atoms with van der Waals surface area (Å²) in [5, 5.41) is 11.0. The minimum Gasteiger partial charge on any atom is -0.493 e. The van der Waals surface area contributed by atoms with E-state index in [1.807, 2.05) is 60.7 Å². The minimum atomic E-state index is -0.236. The van der Waals surface area contributed by atoms with E-state index in [2.05, 4.69) is 4.74 Å². The van der Waals surface area contributed by atoms with Crippen LogP contribution in [0.4, 0.5) is 0 Å². The molecule has 0 saturated carbocycles. The summed E-state index contributed by atoms with van der Waals surface area (Å²) in [6, 6.07) is 18.9. The van der Waals surface area contributed by atoms with Gasteiger partial charge in [0.1, 0.15) is 5.69 Å². The number of unbranched alkanes of at least 4 members (excludes halogenated alkanes) is 5. The SMILES string of the molecule is COC(=O)CCCCCCCCn1c(O)c(-c2ccccc2)n(-c2ccccc2)c1=O. The summed E-state index contributed by atoms with van der Waals surface area (Å²) < 4.78 is 7.69. The van der Waals surface area contributed by atoms with Crippen molar-refractivity contribution in [3.05, 3.63) is 71.1 Å². The molecule has 3 rings (SSSR count). The molecule has 0 unspecified atom stereocenters. The standard InChI is InChI=1S/C25H30N2O4/c1-31-22(28)18-12-4-2-3-5-13-19-26-24(29)23(20-14-8-6-9-15-20)27(25(26)30)21-16-10-7-11-17-21/h6-11,14-17,29H,2-5,12-13,18-19H2,1H3. The van der Waals surface area contributed by atoms with Gasteiger partial charge in [-0.3, -0.25) is 13.9 Å². The smallest absolute Gasteiger partial charge is 0.336 e.